The van der Waals surface area contributed by atoms with Crippen molar-refractivity contribution < 1.29 is 9.53 Å². The number of hydrogen-bond acceptors (Lipinski definition) is 2. The quantitative estimate of drug-likeness (QED) is 0.848. The van der Waals surface area contributed by atoms with Gasteiger partial charge >= 0.3 is 0 Å². The minimum Gasteiger partial charge on any atom is -0.492 e. The van der Waals surface area contributed by atoms with E-state index in [4.69, 9.17) is 16.3 Å². The van der Waals surface area contributed by atoms with Crippen LogP contribution < -0.4 is 10.1 Å². The van der Waals surface area contributed by atoms with Gasteiger partial charge in [0.05, 0.1) is 12.2 Å². The topological polar surface area (TPSA) is 38.3 Å². The number of anilines is 1. The maximum atomic E-state index is 12.5. The number of rotatable bonds is 5. The SMILES string of the molecule is Cc1ccc(Cl)cc1NC(=O)c1ccccc1OCC(C)C. The fourth-order valence-corrected chi connectivity index (χ4v) is 2.13. The lowest BCUT2D eigenvalue weighted by Gasteiger charge is -2.14. The number of para-hydroxylation sites is 1. The van der Waals surface area contributed by atoms with E-state index >= 15 is 0 Å². The molecule has 0 radical (unpaired) electrons. The summed E-state index contributed by atoms with van der Waals surface area (Å²) < 4.78 is 5.72. The Hall–Kier alpha value is -2.00. The van der Waals surface area contributed by atoms with Gasteiger partial charge in [-0.2, -0.15) is 0 Å². The van der Waals surface area contributed by atoms with E-state index in [1.54, 1.807) is 18.2 Å². The van der Waals surface area contributed by atoms with Gasteiger partial charge in [-0.1, -0.05) is 43.6 Å². The highest BCUT2D eigenvalue weighted by Gasteiger charge is 2.13. The van der Waals surface area contributed by atoms with Crippen LogP contribution in [-0.2, 0) is 0 Å². The van der Waals surface area contributed by atoms with Gasteiger partial charge in [-0.3, -0.25) is 4.79 Å². The lowest BCUT2D eigenvalue weighted by molar-refractivity contribution is 0.102. The predicted octanol–water partition coefficient (Wildman–Crippen LogP) is 4.94. The Morgan fingerprint density at radius 2 is 1.95 bits per heavy atom. The number of halogens is 1. The molecule has 0 aromatic heterocycles. The summed E-state index contributed by atoms with van der Waals surface area (Å²) in [7, 11) is 0. The van der Waals surface area contributed by atoms with Crippen molar-refractivity contribution in [1.29, 1.82) is 0 Å². The van der Waals surface area contributed by atoms with E-state index in [-0.39, 0.29) is 5.91 Å². The summed E-state index contributed by atoms with van der Waals surface area (Å²) in [5.41, 5.74) is 2.18. The van der Waals surface area contributed by atoms with E-state index in [2.05, 4.69) is 19.2 Å². The third-order valence-corrected chi connectivity index (χ3v) is 3.39. The molecule has 0 saturated heterocycles. The van der Waals surface area contributed by atoms with Crippen LogP contribution in [0.4, 0.5) is 5.69 Å². The third kappa shape index (κ3) is 4.25. The number of aryl methyl sites for hydroxylation is 1. The molecule has 0 saturated carbocycles. The van der Waals surface area contributed by atoms with Gasteiger partial charge in [-0.25, -0.2) is 0 Å². The standard InChI is InChI=1S/C18H20ClNO2/c1-12(2)11-22-17-7-5-4-6-15(17)18(21)20-16-10-14(19)9-8-13(16)3/h4-10,12H,11H2,1-3H3,(H,20,21). The van der Waals surface area contributed by atoms with Crippen molar-refractivity contribution in [1.82, 2.24) is 0 Å². The number of hydrogen-bond donors (Lipinski definition) is 1. The van der Waals surface area contributed by atoms with Gasteiger partial charge in [0, 0.05) is 10.7 Å². The van der Waals surface area contributed by atoms with Crippen LogP contribution in [-0.4, -0.2) is 12.5 Å². The van der Waals surface area contributed by atoms with Crippen molar-refractivity contribution in [2.45, 2.75) is 20.8 Å². The average molecular weight is 318 g/mol. The Bertz CT molecular complexity index is 668. The Balaban J connectivity index is 2.20. The van der Waals surface area contributed by atoms with E-state index < -0.39 is 0 Å². The number of carbonyl (C=O) groups excluding carboxylic acids is 1. The summed E-state index contributed by atoms with van der Waals surface area (Å²) in [6.45, 7) is 6.63. The average Bonchev–Trinajstić information content (AvgIpc) is 2.49. The normalized spacial score (nSPS) is 10.6. The largest absolute Gasteiger partial charge is 0.492 e. The van der Waals surface area contributed by atoms with E-state index in [9.17, 15) is 4.79 Å². The van der Waals surface area contributed by atoms with Gasteiger partial charge in [0.1, 0.15) is 5.75 Å². The molecule has 0 aliphatic rings. The maximum Gasteiger partial charge on any atom is 0.259 e. The number of carbonyl (C=O) groups is 1. The highest BCUT2D eigenvalue weighted by atomic mass is 35.5. The van der Waals surface area contributed by atoms with Crippen LogP contribution in [0, 0.1) is 12.8 Å². The van der Waals surface area contributed by atoms with Gasteiger partial charge in [0.2, 0.25) is 0 Å². The Morgan fingerprint density at radius 1 is 1.23 bits per heavy atom. The van der Waals surface area contributed by atoms with E-state index in [1.165, 1.54) is 0 Å². The van der Waals surface area contributed by atoms with Crippen molar-refractivity contribution in [3.63, 3.8) is 0 Å². The summed E-state index contributed by atoms with van der Waals surface area (Å²) in [4.78, 5) is 12.5. The molecule has 4 heteroatoms. The molecule has 3 nitrogen and oxygen atoms in total. The lowest BCUT2D eigenvalue weighted by atomic mass is 10.1. The molecule has 0 spiro atoms. The van der Waals surface area contributed by atoms with Gasteiger partial charge in [0.25, 0.3) is 5.91 Å². The molecule has 0 atom stereocenters. The van der Waals surface area contributed by atoms with Crippen molar-refractivity contribution in [3.05, 3.63) is 58.6 Å². The molecule has 0 unspecified atom stereocenters. The smallest absolute Gasteiger partial charge is 0.259 e. The fourth-order valence-electron chi connectivity index (χ4n) is 1.96. The minimum atomic E-state index is -0.204. The van der Waals surface area contributed by atoms with Gasteiger partial charge < -0.3 is 10.1 Å². The number of benzene rings is 2. The molecule has 116 valence electrons. The molecule has 0 fully saturated rings. The van der Waals surface area contributed by atoms with Crippen LogP contribution >= 0.6 is 11.6 Å². The zero-order chi connectivity index (χ0) is 16.1. The molecule has 0 heterocycles. The van der Waals surface area contributed by atoms with Crippen molar-refractivity contribution in [2.75, 3.05) is 11.9 Å². The van der Waals surface area contributed by atoms with Crippen molar-refractivity contribution in [2.24, 2.45) is 5.92 Å². The van der Waals surface area contributed by atoms with Crippen molar-refractivity contribution >= 4 is 23.2 Å². The predicted molar refractivity (Wildman–Crippen MR) is 90.9 cm³/mol. The van der Waals surface area contributed by atoms with Crippen LogP contribution in [0.25, 0.3) is 0 Å². The molecule has 2 aromatic rings. The molecule has 1 N–H and O–H groups in total. The van der Waals surface area contributed by atoms with E-state index in [1.807, 2.05) is 31.2 Å². The second-order valence-corrected chi connectivity index (χ2v) is 6.05. The molecule has 0 aliphatic heterocycles. The number of amides is 1. The molecule has 22 heavy (non-hydrogen) atoms. The van der Waals surface area contributed by atoms with Crippen LogP contribution in [0.5, 0.6) is 5.75 Å². The Kier molecular flexibility index (Phi) is 5.45. The highest BCUT2D eigenvalue weighted by molar-refractivity contribution is 6.31. The van der Waals surface area contributed by atoms with Crippen LogP contribution in [0.1, 0.15) is 29.8 Å². The molecular formula is C18H20ClNO2. The second-order valence-electron chi connectivity index (χ2n) is 5.61. The Labute approximate surface area is 136 Å². The molecule has 2 rings (SSSR count). The van der Waals surface area contributed by atoms with E-state index in [0.29, 0.717) is 34.5 Å². The van der Waals surface area contributed by atoms with Gasteiger partial charge in [-0.15, -0.1) is 0 Å². The summed E-state index contributed by atoms with van der Waals surface area (Å²) in [5, 5.41) is 3.48. The molecule has 2 aromatic carbocycles. The molecule has 0 bridgehead atoms. The summed E-state index contributed by atoms with van der Waals surface area (Å²) >= 11 is 5.99. The fraction of sp³-hybridized carbons (Fsp3) is 0.278. The first-order valence-corrected chi connectivity index (χ1v) is 7.64. The minimum absolute atomic E-state index is 0.204. The molecule has 1 amide bonds. The first-order chi connectivity index (χ1) is 10.5. The first kappa shape index (κ1) is 16.4. The number of nitrogens with one attached hydrogen (secondary N) is 1. The summed E-state index contributed by atoms with van der Waals surface area (Å²) in [5.74, 6) is 0.782. The zero-order valence-electron chi connectivity index (χ0n) is 13.0. The van der Waals surface area contributed by atoms with Crippen molar-refractivity contribution in [3.8, 4) is 5.75 Å². The van der Waals surface area contributed by atoms with E-state index in [0.717, 1.165) is 5.56 Å². The monoisotopic (exact) mass is 317 g/mol. The van der Waals surface area contributed by atoms with Crippen LogP contribution in [0.3, 0.4) is 0 Å². The summed E-state index contributed by atoms with van der Waals surface area (Å²) in [6.07, 6.45) is 0. The van der Waals surface area contributed by atoms with Gasteiger partial charge in [0.15, 0.2) is 0 Å². The third-order valence-electron chi connectivity index (χ3n) is 3.15. The highest BCUT2D eigenvalue weighted by Crippen LogP contribution is 2.24. The van der Waals surface area contributed by atoms with Gasteiger partial charge in [-0.05, 0) is 42.7 Å². The first-order valence-electron chi connectivity index (χ1n) is 7.26. The summed E-state index contributed by atoms with van der Waals surface area (Å²) in [6, 6.07) is 12.7. The zero-order valence-corrected chi connectivity index (χ0v) is 13.8. The lowest BCUT2D eigenvalue weighted by Crippen LogP contribution is -2.15. The molecule has 0 aliphatic carbocycles. The number of ether oxygens (including phenoxy) is 1. The maximum absolute atomic E-state index is 12.5. The Morgan fingerprint density at radius 3 is 2.68 bits per heavy atom. The van der Waals surface area contributed by atoms with Crippen LogP contribution in [0.2, 0.25) is 5.02 Å². The molecular weight excluding hydrogens is 298 g/mol. The van der Waals surface area contributed by atoms with Crippen LogP contribution in [0.15, 0.2) is 42.5 Å². The second kappa shape index (κ2) is 7.32.